The summed E-state index contributed by atoms with van der Waals surface area (Å²) in [5, 5.41) is 12.9. The summed E-state index contributed by atoms with van der Waals surface area (Å²) in [5.41, 5.74) is 0.835. The highest BCUT2D eigenvalue weighted by Gasteiger charge is 2.27. The minimum Gasteiger partial charge on any atom is -0.758 e. The van der Waals surface area contributed by atoms with Crippen molar-refractivity contribution in [2.24, 2.45) is 0 Å². The maximum atomic E-state index is 12.0. The van der Waals surface area contributed by atoms with Crippen LogP contribution in [0.25, 0.3) is 0 Å². The van der Waals surface area contributed by atoms with Crippen molar-refractivity contribution in [2.45, 2.75) is 32.2 Å². The van der Waals surface area contributed by atoms with E-state index in [2.05, 4.69) is 0 Å². The molecule has 0 aliphatic carbocycles. The average molecular weight is 230 g/mol. The molecule has 3 nitrogen and oxygen atoms in total. The van der Waals surface area contributed by atoms with Crippen molar-refractivity contribution < 1.29 is 4.79 Å². The number of nitrogens with zero attached hydrogens (tertiary/aromatic N) is 1. The minimum atomic E-state index is -0.410. The Bertz CT molecular complexity index is 449. The lowest BCUT2D eigenvalue weighted by Crippen LogP contribution is -2.34. The second kappa shape index (κ2) is 4.34. The summed E-state index contributed by atoms with van der Waals surface area (Å²) in [5.74, 6) is -0.00426. The molecule has 0 unspecified atom stereocenters. The second-order valence-corrected chi connectivity index (χ2v) is 4.97. The van der Waals surface area contributed by atoms with Gasteiger partial charge in [-0.2, -0.15) is 0 Å². The number of allylic oxidation sites excluding steroid dienone is 1. The zero-order valence-corrected chi connectivity index (χ0v) is 10.1. The van der Waals surface area contributed by atoms with Crippen molar-refractivity contribution >= 4 is 5.78 Å². The zero-order valence-electron chi connectivity index (χ0n) is 10.1. The Hall–Kier alpha value is -1.61. The van der Waals surface area contributed by atoms with Crippen LogP contribution in [0.3, 0.4) is 0 Å². The van der Waals surface area contributed by atoms with Crippen molar-refractivity contribution in [3.63, 3.8) is 0 Å². The van der Waals surface area contributed by atoms with E-state index in [1.54, 1.807) is 12.1 Å². The summed E-state index contributed by atoms with van der Waals surface area (Å²) >= 11 is 0. The van der Waals surface area contributed by atoms with Gasteiger partial charge in [-0.25, -0.2) is 0 Å². The smallest absolute Gasteiger partial charge is 0.168 e. The quantitative estimate of drug-likeness (QED) is 0.749. The Morgan fingerprint density at radius 1 is 1.35 bits per heavy atom. The summed E-state index contributed by atoms with van der Waals surface area (Å²) < 4.78 is 0. The molecule has 0 fully saturated rings. The fourth-order valence-electron chi connectivity index (χ4n) is 1.96. The monoisotopic (exact) mass is 230 g/mol. The number of hydrogen-bond acceptors (Lipinski definition) is 3. The molecule has 0 bridgehead atoms. The number of hydrogen-bond donors (Lipinski definition) is 0. The summed E-state index contributed by atoms with van der Waals surface area (Å²) in [4.78, 5) is 12.0. The molecule has 17 heavy (non-hydrogen) atoms. The van der Waals surface area contributed by atoms with Gasteiger partial charge < -0.3 is 10.3 Å². The van der Waals surface area contributed by atoms with Gasteiger partial charge in [-0.1, -0.05) is 36.4 Å². The first kappa shape index (κ1) is 11.9. The molecule has 0 N–H and O–H groups in total. The lowest BCUT2D eigenvalue weighted by Gasteiger charge is -2.42. The van der Waals surface area contributed by atoms with Gasteiger partial charge in [0, 0.05) is 23.2 Å². The van der Waals surface area contributed by atoms with Crippen LogP contribution in [0.15, 0.2) is 42.1 Å². The van der Waals surface area contributed by atoms with Crippen LogP contribution in [0.2, 0.25) is 0 Å². The lowest BCUT2D eigenvalue weighted by molar-refractivity contribution is 0.0982. The molecule has 2 rings (SSSR count). The van der Waals surface area contributed by atoms with Crippen molar-refractivity contribution in [1.82, 2.24) is 5.06 Å². The third-order valence-electron chi connectivity index (χ3n) is 3.09. The van der Waals surface area contributed by atoms with E-state index in [9.17, 15) is 10.0 Å². The van der Waals surface area contributed by atoms with E-state index in [0.29, 0.717) is 17.7 Å². The number of hydroxylamine groups is 2. The van der Waals surface area contributed by atoms with Gasteiger partial charge in [0.15, 0.2) is 5.78 Å². The van der Waals surface area contributed by atoms with Gasteiger partial charge in [0.25, 0.3) is 0 Å². The van der Waals surface area contributed by atoms with Crippen molar-refractivity contribution in [1.29, 1.82) is 0 Å². The second-order valence-electron chi connectivity index (χ2n) is 4.97. The van der Waals surface area contributed by atoms with E-state index < -0.39 is 5.54 Å². The number of carbonyl (C=O) groups is 1. The molecular formula is C14H16NO2-. The summed E-state index contributed by atoms with van der Waals surface area (Å²) in [6, 6.07) is 9.08. The van der Waals surface area contributed by atoms with Crippen LogP contribution >= 0.6 is 0 Å². The molecule has 1 heterocycles. The fraction of sp³-hybridized carbons (Fsp3) is 0.357. The van der Waals surface area contributed by atoms with Crippen LogP contribution < -0.4 is 0 Å². The van der Waals surface area contributed by atoms with E-state index in [4.69, 9.17) is 0 Å². The van der Waals surface area contributed by atoms with Gasteiger partial charge in [0.1, 0.15) is 0 Å². The predicted octanol–water partition coefficient (Wildman–Crippen LogP) is 3.13. The maximum absolute atomic E-state index is 12.0. The van der Waals surface area contributed by atoms with Crippen molar-refractivity contribution in [3.05, 3.63) is 52.9 Å². The Kier molecular flexibility index (Phi) is 3.03. The standard InChI is InChI=1S/C14H16NO2/c1-14(2)9-8-12(15(14)17)10-13(16)11-6-4-3-5-7-11/h3-8H,9-10H2,1-2H3/q-1. The van der Waals surface area contributed by atoms with Gasteiger partial charge in [0.2, 0.25) is 0 Å². The Balaban J connectivity index is 2.07. The molecular weight excluding hydrogens is 214 g/mol. The molecule has 3 heteroatoms. The zero-order chi connectivity index (χ0) is 12.5. The van der Waals surface area contributed by atoms with E-state index in [1.807, 2.05) is 38.1 Å². The summed E-state index contributed by atoms with van der Waals surface area (Å²) in [6.07, 6.45) is 2.76. The summed E-state index contributed by atoms with van der Waals surface area (Å²) in [7, 11) is 0. The van der Waals surface area contributed by atoms with Crippen LogP contribution in [-0.2, 0) is 0 Å². The predicted molar refractivity (Wildman–Crippen MR) is 67.4 cm³/mol. The molecule has 0 radical (unpaired) electrons. The van der Waals surface area contributed by atoms with Gasteiger partial charge in [-0.3, -0.25) is 4.79 Å². The molecule has 0 aromatic heterocycles. The van der Waals surface area contributed by atoms with E-state index in [1.165, 1.54) is 0 Å². The first-order valence-electron chi connectivity index (χ1n) is 5.75. The Morgan fingerprint density at radius 2 is 2.00 bits per heavy atom. The normalized spacial score (nSPS) is 18.1. The SMILES string of the molecule is CC1(C)CC=C(CC(=O)c2ccccc2)N1[O-]. The average Bonchev–Trinajstić information content (AvgIpc) is 2.57. The van der Waals surface area contributed by atoms with E-state index in [-0.39, 0.29) is 12.2 Å². The first-order chi connectivity index (χ1) is 8.00. The van der Waals surface area contributed by atoms with Crippen LogP contribution in [0.5, 0.6) is 0 Å². The number of ketones is 1. The van der Waals surface area contributed by atoms with Gasteiger partial charge in [0.05, 0.1) is 0 Å². The van der Waals surface area contributed by atoms with Crippen molar-refractivity contribution in [3.8, 4) is 0 Å². The highest BCUT2D eigenvalue weighted by molar-refractivity contribution is 5.97. The number of carbonyl (C=O) groups excluding carboxylic acids is 1. The first-order valence-corrected chi connectivity index (χ1v) is 5.75. The molecule has 1 aliphatic rings. The van der Waals surface area contributed by atoms with Gasteiger partial charge in [-0.05, 0) is 20.3 Å². The van der Waals surface area contributed by atoms with Crippen LogP contribution in [-0.4, -0.2) is 16.4 Å². The van der Waals surface area contributed by atoms with E-state index in [0.717, 1.165) is 5.06 Å². The molecule has 0 spiro atoms. The number of Topliss-reactive ketones (excluding diaryl/α,β-unsaturated/α-hetero) is 1. The molecule has 0 amide bonds. The van der Waals surface area contributed by atoms with Gasteiger partial charge >= 0.3 is 0 Å². The number of rotatable bonds is 3. The van der Waals surface area contributed by atoms with Gasteiger partial charge in [-0.15, -0.1) is 0 Å². The highest BCUT2D eigenvalue weighted by Crippen LogP contribution is 2.32. The maximum Gasteiger partial charge on any atom is 0.168 e. The van der Waals surface area contributed by atoms with Crippen LogP contribution in [0.1, 0.15) is 37.0 Å². The molecule has 0 atom stereocenters. The Morgan fingerprint density at radius 3 is 2.53 bits per heavy atom. The molecule has 1 aromatic carbocycles. The largest absolute Gasteiger partial charge is 0.758 e. The molecule has 1 aliphatic heterocycles. The molecule has 0 saturated carbocycles. The summed E-state index contributed by atoms with van der Waals surface area (Å²) in [6.45, 7) is 3.77. The third-order valence-corrected chi connectivity index (χ3v) is 3.09. The highest BCUT2D eigenvalue weighted by atomic mass is 16.5. The van der Waals surface area contributed by atoms with Crippen LogP contribution in [0.4, 0.5) is 0 Å². The molecule has 1 aromatic rings. The molecule has 90 valence electrons. The minimum absolute atomic E-state index is 0.00426. The number of benzene rings is 1. The Labute approximate surface area is 101 Å². The third kappa shape index (κ3) is 2.39. The van der Waals surface area contributed by atoms with E-state index >= 15 is 0 Å². The fourth-order valence-corrected chi connectivity index (χ4v) is 1.96. The molecule has 0 saturated heterocycles. The topological polar surface area (TPSA) is 43.4 Å². The lowest BCUT2D eigenvalue weighted by atomic mass is 10.0. The van der Waals surface area contributed by atoms with Crippen molar-refractivity contribution in [2.75, 3.05) is 0 Å². The van der Waals surface area contributed by atoms with Crippen LogP contribution in [0, 0.1) is 5.21 Å².